The van der Waals surface area contributed by atoms with E-state index >= 15 is 0 Å². The average Bonchev–Trinajstić information content (AvgIpc) is 2.34. The highest BCUT2D eigenvalue weighted by Crippen LogP contribution is 2.45. The third kappa shape index (κ3) is 1.52. The second-order valence-corrected chi connectivity index (χ2v) is 5.85. The van der Waals surface area contributed by atoms with Gasteiger partial charge in [-0.3, -0.25) is 4.79 Å². The van der Waals surface area contributed by atoms with Gasteiger partial charge in [-0.15, -0.1) is 0 Å². The van der Waals surface area contributed by atoms with E-state index in [0.29, 0.717) is 6.42 Å². The van der Waals surface area contributed by atoms with Crippen molar-refractivity contribution in [3.05, 3.63) is 45.6 Å². The number of hydrogen-bond donors (Lipinski definition) is 1. The summed E-state index contributed by atoms with van der Waals surface area (Å²) in [7, 11) is 0. The van der Waals surface area contributed by atoms with Crippen molar-refractivity contribution in [2.24, 2.45) is 0 Å². The summed E-state index contributed by atoms with van der Waals surface area (Å²) in [5.74, 6) is 0.271. The molecule has 2 aliphatic rings. The van der Waals surface area contributed by atoms with Gasteiger partial charge < -0.3 is 5.32 Å². The predicted octanol–water partition coefficient (Wildman–Crippen LogP) is 3.34. The second-order valence-electron chi connectivity index (χ2n) is 5.41. The first-order valence-corrected chi connectivity index (χ1v) is 6.67. The van der Waals surface area contributed by atoms with Gasteiger partial charge in [0.25, 0.3) is 0 Å². The van der Waals surface area contributed by atoms with Gasteiger partial charge in [-0.25, -0.2) is 0 Å². The Labute approximate surface area is 112 Å². The number of rotatable bonds is 0. The van der Waals surface area contributed by atoms with Crippen molar-refractivity contribution < 1.29 is 4.79 Å². The van der Waals surface area contributed by atoms with Crippen molar-refractivity contribution in [3.63, 3.8) is 0 Å². The number of hydrogen-bond acceptors (Lipinski definition) is 2. The third-order valence-corrected chi connectivity index (χ3v) is 4.55. The largest absolute Gasteiger partial charge is 0.383 e. The van der Waals surface area contributed by atoms with Crippen molar-refractivity contribution in [3.8, 4) is 0 Å². The molecule has 0 amide bonds. The third-order valence-electron chi connectivity index (χ3n) is 4.31. The van der Waals surface area contributed by atoms with Crippen molar-refractivity contribution in [2.75, 3.05) is 0 Å². The Morgan fingerprint density at radius 1 is 1.39 bits per heavy atom. The van der Waals surface area contributed by atoms with E-state index in [-0.39, 0.29) is 11.2 Å². The lowest BCUT2D eigenvalue weighted by Crippen LogP contribution is -2.43. The zero-order valence-corrected chi connectivity index (χ0v) is 11.4. The summed E-state index contributed by atoms with van der Waals surface area (Å²) in [6.07, 6.45) is 1.51. The molecule has 94 valence electrons. The van der Waals surface area contributed by atoms with E-state index in [4.69, 9.17) is 11.6 Å². The van der Waals surface area contributed by atoms with Gasteiger partial charge in [-0.1, -0.05) is 17.7 Å². The van der Waals surface area contributed by atoms with Crippen LogP contribution < -0.4 is 5.32 Å². The van der Waals surface area contributed by atoms with Crippen LogP contribution in [-0.2, 0) is 16.8 Å². The van der Waals surface area contributed by atoms with Gasteiger partial charge in [0.2, 0.25) is 0 Å². The molecule has 1 aliphatic heterocycles. The maximum absolute atomic E-state index is 11.8. The Morgan fingerprint density at radius 3 is 2.94 bits per heavy atom. The zero-order chi connectivity index (χ0) is 12.9. The molecule has 1 unspecified atom stereocenters. The van der Waals surface area contributed by atoms with Crippen LogP contribution in [0.1, 0.15) is 37.8 Å². The van der Waals surface area contributed by atoms with Crippen molar-refractivity contribution >= 4 is 17.4 Å². The fraction of sp³-hybridized carbons (Fsp3) is 0.400. The number of ketones is 1. The van der Waals surface area contributed by atoms with E-state index in [1.807, 2.05) is 19.1 Å². The van der Waals surface area contributed by atoms with Gasteiger partial charge in [0, 0.05) is 34.7 Å². The van der Waals surface area contributed by atoms with Crippen LogP contribution in [0.3, 0.4) is 0 Å². The Balaban J connectivity index is 2.21. The maximum Gasteiger partial charge on any atom is 0.160 e. The number of benzene rings is 1. The monoisotopic (exact) mass is 261 g/mol. The molecule has 1 aromatic carbocycles. The van der Waals surface area contributed by atoms with Crippen molar-refractivity contribution in [1.82, 2.24) is 5.32 Å². The summed E-state index contributed by atoms with van der Waals surface area (Å²) in [5, 5.41) is 4.20. The predicted molar refractivity (Wildman–Crippen MR) is 72.6 cm³/mol. The van der Waals surface area contributed by atoms with Gasteiger partial charge in [0.15, 0.2) is 5.78 Å². The summed E-state index contributed by atoms with van der Waals surface area (Å²) in [6, 6.07) is 6.08. The van der Waals surface area contributed by atoms with Crippen LogP contribution in [0.15, 0.2) is 29.5 Å². The van der Waals surface area contributed by atoms with Crippen LogP contribution in [0.25, 0.3) is 0 Å². The van der Waals surface area contributed by atoms with Crippen LogP contribution in [0.4, 0.5) is 0 Å². The van der Waals surface area contributed by atoms with Crippen molar-refractivity contribution in [1.29, 1.82) is 0 Å². The van der Waals surface area contributed by atoms with Crippen LogP contribution in [0.5, 0.6) is 0 Å². The number of halogens is 1. The lowest BCUT2D eigenvalue weighted by molar-refractivity contribution is -0.116. The molecule has 1 N–H and O–H groups in total. The summed E-state index contributed by atoms with van der Waals surface area (Å²) >= 11 is 6.06. The van der Waals surface area contributed by atoms with Crippen LogP contribution in [0, 0.1) is 0 Å². The highest BCUT2D eigenvalue weighted by atomic mass is 35.5. The smallest absolute Gasteiger partial charge is 0.160 e. The molecule has 0 aromatic heterocycles. The number of carbonyl (C=O) groups excluding carboxylic acids is 1. The molecule has 1 atom stereocenters. The molecule has 0 saturated carbocycles. The van der Waals surface area contributed by atoms with Gasteiger partial charge in [-0.2, -0.15) is 0 Å². The Bertz CT molecular complexity index is 576. The van der Waals surface area contributed by atoms with Gasteiger partial charge in [0.1, 0.15) is 0 Å². The summed E-state index contributed by atoms with van der Waals surface area (Å²) in [5.41, 5.74) is 4.50. The summed E-state index contributed by atoms with van der Waals surface area (Å²) in [6.45, 7) is 4.91. The molecule has 0 fully saturated rings. The molecule has 0 saturated heterocycles. The molecular weight excluding hydrogens is 246 g/mol. The minimum atomic E-state index is -0.0594. The lowest BCUT2D eigenvalue weighted by Gasteiger charge is -2.42. The highest BCUT2D eigenvalue weighted by molar-refractivity contribution is 6.30. The minimum absolute atomic E-state index is 0.0594. The topological polar surface area (TPSA) is 29.1 Å². The lowest BCUT2D eigenvalue weighted by atomic mass is 9.67. The number of Topliss-reactive ketones (excluding diaryl/α,β-unsaturated/α-hetero) is 1. The first-order chi connectivity index (χ1) is 8.52. The van der Waals surface area contributed by atoms with E-state index in [9.17, 15) is 4.79 Å². The summed E-state index contributed by atoms with van der Waals surface area (Å²) in [4.78, 5) is 11.8. The Morgan fingerprint density at radius 2 is 2.17 bits per heavy atom. The molecule has 2 nitrogen and oxygen atoms in total. The molecule has 1 aromatic rings. The van der Waals surface area contributed by atoms with Gasteiger partial charge in [0.05, 0.1) is 0 Å². The molecule has 0 radical (unpaired) electrons. The highest BCUT2D eigenvalue weighted by Gasteiger charge is 2.41. The van der Waals surface area contributed by atoms with E-state index in [2.05, 4.69) is 18.3 Å². The number of carbonyl (C=O) groups is 1. The van der Waals surface area contributed by atoms with E-state index in [0.717, 1.165) is 29.3 Å². The first-order valence-electron chi connectivity index (χ1n) is 6.30. The first kappa shape index (κ1) is 11.8. The second kappa shape index (κ2) is 3.86. The van der Waals surface area contributed by atoms with Gasteiger partial charge >= 0.3 is 0 Å². The van der Waals surface area contributed by atoms with Crippen LogP contribution in [0.2, 0.25) is 5.02 Å². The van der Waals surface area contributed by atoms with E-state index < -0.39 is 0 Å². The molecule has 0 spiro atoms. The van der Waals surface area contributed by atoms with E-state index in [1.54, 1.807) is 0 Å². The normalized spacial score (nSPS) is 26.5. The average molecular weight is 262 g/mol. The van der Waals surface area contributed by atoms with E-state index in [1.165, 1.54) is 11.1 Å². The van der Waals surface area contributed by atoms with Crippen molar-refractivity contribution in [2.45, 2.75) is 38.6 Å². The standard InChI is InChI=1S/C15H16ClNO/c1-9-13(18)5-6-15(2)12-4-3-11(16)7-10(12)8-17-14(9)15/h3-4,7,17H,5-6,8H2,1-2H3. The molecular formula is C15H16ClNO. The fourth-order valence-corrected chi connectivity index (χ4v) is 3.45. The zero-order valence-electron chi connectivity index (χ0n) is 10.6. The Hall–Kier alpha value is -1.28. The van der Waals surface area contributed by atoms with Gasteiger partial charge in [-0.05, 0) is 43.5 Å². The molecule has 3 heteroatoms. The molecule has 3 rings (SSSR count). The fourth-order valence-electron chi connectivity index (χ4n) is 3.26. The molecule has 18 heavy (non-hydrogen) atoms. The van der Waals surface area contributed by atoms with Crippen LogP contribution in [-0.4, -0.2) is 5.78 Å². The number of allylic oxidation sites excluding steroid dienone is 2. The molecule has 0 bridgehead atoms. The quantitative estimate of drug-likeness (QED) is 0.776. The van der Waals surface area contributed by atoms with Crippen LogP contribution >= 0.6 is 11.6 Å². The molecule has 1 heterocycles. The summed E-state index contributed by atoms with van der Waals surface area (Å²) < 4.78 is 0. The SMILES string of the molecule is CC1=C2NCc3cc(Cl)ccc3C2(C)CCC1=O. The Kier molecular flexibility index (Phi) is 2.53. The maximum atomic E-state index is 11.8. The molecule has 1 aliphatic carbocycles. The number of fused-ring (bicyclic) bond motifs is 3. The minimum Gasteiger partial charge on any atom is -0.383 e. The number of nitrogens with one attached hydrogen (secondary N) is 1.